The van der Waals surface area contributed by atoms with Crippen LogP contribution in [0, 0.1) is 0 Å². The molecular formula is C17H14F3NO6S. The molecule has 0 saturated heterocycles. The van der Waals surface area contributed by atoms with Gasteiger partial charge in [-0.1, -0.05) is 24.3 Å². The number of carboxylic acid groups (broad SMARTS) is 1. The largest absolute Gasteiger partial charge is 0.478 e. The molecule has 0 heterocycles. The number of halogens is 3. The molecule has 0 aromatic heterocycles. The second-order valence-electron chi connectivity index (χ2n) is 5.40. The third kappa shape index (κ3) is 4.25. The molecule has 0 radical (unpaired) electrons. The van der Waals surface area contributed by atoms with Crippen molar-refractivity contribution in [3.05, 3.63) is 59.7 Å². The molecule has 11 heteroatoms. The van der Waals surface area contributed by atoms with Crippen molar-refractivity contribution in [3.8, 4) is 0 Å². The van der Waals surface area contributed by atoms with Gasteiger partial charge in [0.2, 0.25) is 0 Å². The third-order valence-corrected chi connectivity index (χ3v) is 5.48. The van der Waals surface area contributed by atoms with Crippen LogP contribution < -0.4 is 4.31 Å². The van der Waals surface area contributed by atoms with E-state index in [1.54, 1.807) is 0 Å². The van der Waals surface area contributed by atoms with Crippen molar-refractivity contribution in [2.75, 3.05) is 18.0 Å². The van der Waals surface area contributed by atoms with Gasteiger partial charge in [-0.3, -0.25) is 9.10 Å². The number of aromatic carboxylic acids is 1. The maximum atomic E-state index is 13.4. The number of para-hydroxylation sites is 1. The highest BCUT2D eigenvalue weighted by Gasteiger charge is 2.39. The van der Waals surface area contributed by atoms with Crippen LogP contribution in [0.15, 0.2) is 53.4 Å². The molecule has 0 atom stereocenters. The van der Waals surface area contributed by atoms with Crippen LogP contribution in [0.5, 0.6) is 0 Å². The van der Waals surface area contributed by atoms with Crippen LogP contribution >= 0.6 is 0 Å². The zero-order chi connectivity index (χ0) is 21.1. The fraction of sp³-hybridized carbons (Fsp3) is 0.176. The van der Waals surface area contributed by atoms with Gasteiger partial charge in [0.25, 0.3) is 10.0 Å². The molecule has 0 amide bonds. The summed E-state index contributed by atoms with van der Waals surface area (Å²) < 4.78 is 70.9. The van der Waals surface area contributed by atoms with E-state index in [1.807, 2.05) is 0 Å². The summed E-state index contributed by atoms with van der Waals surface area (Å²) in [7, 11) is -3.93. The molecule has 28 heavy (non-hydrogen) atoms. The Kier molecular flexibility index (Phi) is 5.98. The van der Waals surface area contributed by atoms with E-state index in [1.165, 1.54) is 12.1 Å². The van der Waals surface area contributed by atoms with Crippen LogP contribution in [0.3, 0.4) is 0 Å². The molecule has 2 rings (SSSR count). The number of carboxylic acids is 1. The molecule has 150 valence electrons. The molecule has 0 aliphatic heterocycles. The van der Waals surface area contributed by atoms with Crippen molar-refractivity contribution < 1.29 is 41.0 Å². The number of sulfonamides is 1. The van der Waals surface area contributed by atoms with Gasteiger partial charge in [-0.25, -0.2) is 13.2 Å². The number of carbonyl (C=O) groups excluding carboxylic acids is 1. The van der Waals surface area contributed by atoms with Gasteiger partial charge in [-0.05, 0) is 24.3 Å². The minimum Gasteiger partial charge on any atom is -0.478 e. The molecule has 0 unspecified atom stereocenters. The van der Waals surface area contributed by atoms with Crippen molar-refractivity contribution in [2.24, 2.45) is 0 Å². The molecule has 0 saturated carbocycles. The van der Waals surface area contributed by atoms with Gasteiger partial charge in [-0.2, -0.15) is 13.2 Å². The number of esters is 1. The highest BCUT2D eigenvalue weighted by Crippen LogP contribution is 2.38. The summed E-state index contributed by atoms with van der Waals surface area (Å²) in [5.41, 5.74) is -2.79. The number of methoxy groups -OCH3 is 1. The summed E-state index contributed by atoms with van der Waals surface area (Å²) in [6.07, 6.45) is -4.92. The van der Waals surface area contributed by atoms with Crippen molar-refractivity contribution in [1.82, 2.24) is 0 Å². The highest BCUT2D eigenvalue weighted by molar-refractivity contribution is 7.93. The van der Waals surface area contributed by atoms with Crippen LogP contribution in [-0.4, -0.2) is 39.1 Å². The lowest BCUT2D eigenvalue weighted by atomic mass is 10.1. The van der Waals surface area contributed by atoms with E-state index in [4.69, 9.17) is 0 Å². The monoisotopic (exact) mass is 417 g/mol. The van der Waals surface area contributed by atoms with E-state index in [-0.39, 0.29) is 4.31 Å². The standard InChI is InChI=1S/C17H14F3NO6S/c1-27-15(22)10-21(13-8-4-3-7-12(13)17(18,19)20)28(25,26)14-9-5-2-6-11(14)16(23)24/h2-9H,10H2,1H3,(H,23,24). The lowest BCUT2D eigenvalue weighted by Gasteiger charge is -2.26. The molecule has 0 aliphatic rings. The Morgan fingerprint density at radius 1 is 1.07 bits per heavy atom. The minimum absolute atomic E-state index is 0.184. The molecule has 1 N–H and O–H groups in total. The second-order valence-corrected chi connectivity index (χ2v) is 7.23. The average Bonchev–Trinajstić information content (AvgIpc) is 2.65. The van der Waals surface area contributed by atoms with Gasteiger partial charge >= 0.3 is 18.1 Å². The van der Waals surface area contributed by atoms with E-state index in [0.717, 1.165) is 37.4 Å². The van der Waals surface area contributed by atoms with E-state index in [0.29, 0.717) is 6.07 Å². The minimum atomic E-state index is -4.92. The summed E-state index contributed by atoms with van der Waals surface area (Å²) >= 11 is 0. The lowest BCUT2D eigenvalue weighted by molar-refractivity contribution is -0.140. The van der Waals surface area contributed by atoms with Gasteiger partial charge in [0, 0.05) is 0 Å². The molecule has 2 aromatic rings. The number of nitrogens with zero attached hydrogens (tertiary/aromatic N) is 1. The first-order valence-electron chi connectivity index (χ1n) is 7.58. The first kappa shape index (κ1) is 21.2. The number of benzene rings is 2. The molecule has 7 nitrogen and oxygen atoms in total. The Morgan fingerprint density at radius 3 is 2.21 bits per heavy atom. The van der Waals surface area contributed by atoms with E-state index in [2.05, 4.69) is 4.74 Å². The van der Waals surface area contributed by atoms with Crippen LogP contribution in [0.1, 0.15) is 15.9 Å². The van der Waals surface area contributed by atoms with Crippen LogP contribution in [0.25, 0.3) is 0 Å². The Labute approximate surface area is 158 Å². The summed E-state index contributed by atoms with van der Waals surface area (Å²) in [5.74, 6) is -2.73. The number of carbonyl (C=O) groups is 2. The van der Waals surface area contributed by atoms with Crippen molar-refractivity contribution in [2.45, 2.75) is 11.1 Å². The maximum absolute atomic E-state index is 13.4. The van der Waals surface area contributed by atoms with Gasteiger partial charge in [0.1, 0.15) is 11.4 Å². The Morgan fingerprint density at radius 2 is 1.64 bits per heavy atom. The SMILES string of the molecule is COC(=O)CN(c1ccccc1C(F)(F)F)S(=O)(=O)c1ccccc1C(=O)O. The number of hydrogen-bond donors (Lipinski definition) is 1. The number of anilines is 1. The van der Waals surface area contributed by atoms with Crippen LogP contribution in [0.2, 0.25) is 0 Å². The highest BCUT2D eigenvalue weighted by atomic mass is 32.2. The normalized spacial score (nSPS) is 11.7. The van der Waals surface area contributed by atoms with Gasteiger partial charge < -0.3 is 9.84 Å². The summed E-state index contributed by atoms with van der Waals surface area (Å²) in [6.45, 7) is -1.08. The quantitative estimate of drug-likeness (QED) is 0.726. The number of alkyl halides is 3. The molecule has 0 spiro atoms. The van der Waals surface area contributed by atoms with Crippen LogP contribution in [-0.2, 0) is 25.7 Å². The number of hydrogen-bond acceptors (Lipinski definition) is 5. The Hall–Kier alpha value is -3.08. The molecule has 0 bridgehead atoms. The Balaban J connectivity index is 2.76. The summed E-state index contributed by atoms with van der Waals surface area (Å²) in [4.78, 5) is 22.3. The molecule has 0 aliphatic carbocycles. The van der Waals surface area contributed by atoms with Crippen molar-refractivity contribution in [1.29, 1.82) is 0 Å². The predicted octanol–water partition coefficient (Wildman–Crippen LogP) is 2.77. The topological polar surface area (TPSA) is 101 Å². The van der Waals surface area contributed by atoms with Gasteiger partial charge in [0.05, 0.1) is 23.9 Å². The van der Waals surface area contributed by atoms with Gasteiger partial charge in [-0.15, -0.1) is 0 Å². The Bertz CT molecular complexity index is 1000. The van der Waals surface area contributed by atoms with Gasteiger partial charge in [0.15, 0.2) is 0 Å². The first-order valence-corrected chi connectivity index (χ1v) is 9.02. The zero-order valence-electron chi connectivity index (χ0n) is 14.3. The smallest absolute Gasteiger partial charge is 0.418 e. The number of ether oxygens (including phenoxy) is 1. The second kappa shape index (κ2) is 7.89. The molecule has 0 fully saturated rings. The van der Waals surface area contributed by atoms with E-state index >= 15 is 0 Å². The summed E-state index contributed by atoms with van der Waals surface area (Å²) in [5, 5.41) is 9.24. The fourth-order valence-electron chi connectivity index (χ4n) is 2.40. The predicted molar refractivity (Wildman–Crippen MR) is 91.4 cm³/mol. The fourth-order valence-corrected chi connectivity index (χ4v) is 4.01. The number of rotatable bonds is 6. The molecular weight excluding hydrogens is 403 g/mol. The van der Waals surface area contributed by atoms with E-state index < -0.39 is 56.4 Å². The van der Waals surface area contributed by atoms with Crippen molar-refractivity contribution in [3.63, 3.8) is 0 Å². The van der Waals surface area contributed by atoms with Crippen molar-refractivity contribution >= 4 is 27.6 Å². The summed E-state index contributed by atoms with van der Waals surface area (Å²) in [6, 6.07) is 8.13. The lowest BCUT2D eigenvalue weighted by Crippen LogP contribution is -2.38. The van der Waals surface area contributed by atoms with E-state index in [9.17, 15) is 36.3 Å². The third-order valence-electron chi connectivity index (χ3n) is 3.66. The maximum Gasteiger partial charge on any atom is 0.418 e. The average molecular weight is 417 g/mol. The van der Waals surface area contributed by atoms with Crippen LogP contribution in [0.4, 0.5) is 18.9 Å². The zero-order valence-corrected chi connectivity index (χ0v) is 15.1. The first-order chi connectivity index (χ1) is 13.0. The molecule has 2 aromatic carbocycles.